The molecule has 248 valence electrons. The van der Waals surface area contributed by atoms with Crippen LogP contribution in [-0.4, -0.2) is 52.9 Å². The molecule has 0 fully saturated rings. The van der Waals surface area contributed by atoms with Crippen LogP contribution in [0, 0.1) is 0 Å². The molecule has 2 aromatic carbocycles. The first-order valence-electron chi connectivity index (χ1n) is 15.2. The third-order valence-corrected chi connectivity index (χ3v) is 9.58. The number of amides is 4. The quantitative estimate of drug-likeness (QED) is 0.0997. The van der Waals surface area contributed by atoms with E-state index >= 15 is 0 Å². The normalized spacial score (nSPS) is 13.2. The summed E-state index contributed by atoms with van der Waals surface area (Å²) < 4.78 is 10.7. The molecule has 3 heterocycles. The van der Waals surface area contributed by atoms with E-state index in [-0.39, 0.29) is 24.1 Å². The van der Waals surface area contributed by atoms with Crippen molar-refractivity contribution in [3.8, 4) is 0 Å². The largest absolute Gasteiger partial charge is 0.465 e. The van der Waals surface area contributed by atoms with Gasteiger partial charge >= 0.3 is 5.97 Å². The van der Waals surface area contributed by atoms with Crippen molar-refractivity contribution in [2.24, 2.45) is 0 Å². The van der Waals surface area contributed by atoms with Crippen molar-refractivity contribution >= 4 is 69.5 Å². The van der Waals surface area contributed by atoms with Gasteiger partial charge in [-0.25, -0.2) is 4.79 Å². The molecule has 4 amide bonds. The number of esters is 1. The molecule has 11 nitrogen and oxygen atoms in total. The molecule has 0 bridgehead atoms. The number of thiophene rings is 1. The van der Waals surface area contributed by atoms with Gasteiger partial charge in [0.1, 0.15) is 16.5 Å². The average molecular weight is 687 g/mol. The second-order valence-electron chi connectivity index (χ2n) is 10.7. The van der Waals surface area contributed by atoms with Crippen LogP contribution in [0.4, 0.5) is 10.7 Å². The topological polar surface area (TPSA) is 147 Å². The number of carbonyl (C=O) groups is 5. The Balaban J connectivity index is 1.28. The SMILES string of the molecule is CCOC(=O)c1c(NC(=O)C(C)Sc2cccc(NC(=O)/C(=C/c3ccco3)NC(=O)c3ccccc3)c2)sc2c1CCN(C(C)=O)C2. The summed E-state index contributed by atoms with van der Waals surface area (Å²) in [6.45, 7) is 6.01. The number of benzene rings is 2. The minimum atomic E-state index is -0.585. The number of thioether (sulfide) groups is 1. The number of ether oxygens (including phenoxy) is 1. The molecule has 2 aromatic heterocycles. The molecular formula is C35H34N4O7S2. The number of furan rings is 1. The minimum Gasteiger partial charge on any atom is -0.465 e. The highest BCUT2D eigenvalue weighted by Gasteiger charge is 2.31. The number of nitrogens with one attached hydrogen (secondary N) is 3. The summed E-state index contributed by atoms with van der Waals surface area (Å²) in [5.41, 5.74) is 1.95. The first-order valence-corrected chi connectivity index (χ1v) is 16.9. The van der Waals surface area contributed by atoms with E-state index < -0.39 is 23.0 Å². The van der Waals surface area contributed by atoms with Gasteiger partial charge in [0.05, 0.1) is 30.2 Å². The summed E-state index contributed by atoms with van der Waals surface area (Å²) >= 11 is 2.55. The van der Waals surface area contributed by atoms with E-state index in [4.69, 9.17) is 9.15 Å². The van der Waals surface area contributed by atoms with Crippen molar-refractivity contribution in [2.45, 2.75) is 43.9 Å². The van der Waals surface area contributed by atoms with E-state index in [1.807, 2.05) is 6.07 Å². The lowest BCUT2D eigenvalue weighted by atomic mass is 10.0. The standard InChI is InChI=1S/C35H34N4O7S2/c1-4-45-35(44)30-27-15-16-39(22(3)40)20-29(27)48-34(30)38-31(41)21(2)47-26-14-8-12-24(18-26)36-33(43)28(19-25-13-9-17-46-25)37-32(42)23-10-6-5-7-11-23/h5-14,17-19,21H,4,15-16,20H2,1-3H3,(H,36,43)(H,37,42)(H,38,41)/b28-19-. The zero-order valence-corrected chi connectivity index (χ0v) is 28.2. The maximum absolute atomic E-state index is 13.4. The molecule has 1 unspecified atom stereocenters. The number of hydrogen-bond acceptors (Lipinski definition) is 9. The van der Waals surface area contributed by atoms with Crippen molar-refractivity contribution in [3.63, 3.8) is 0 Å². The Morgan fingerprint density at radius 3 is 2.54 bits per heavy atom. The number of fused-ring (bicyclic) bond motifs is 1. The van der Waals surface area contributed by atoms with Crippen LogP contribution < -0.4 is 16.0 Å². The monoisotopic (exact) mass is 686 g/mol. The van der Waals surface area contributed by atoms with E-state index in [0.29, 0.717) is 52.0 Å². The van der Waals surface area contributed by atoms with Crippen molar-refractivity contribution in [1.82, 2.24) is 10.2 Å². The van der Waals surface area contributed by atoms with Crippen molar-refractivity contribution in [1.29, 1.82) is 0 Å². The van der Waals surface area contributed by atoms with Crippen LogP contribution in [0.15, 0.2) is 88.0 Å². The molecule has 3 N–H and O–H groups in total. The smallest absolute Gasteiger partial charge is 0.341 e. The van der Waals surface area contributed by atoms with Crippen LogP contribution in [0.5, 0.6) is 0 Å². The number of carbonyl (C=O) groups excluding carboxylic acids is 5. The zero-order chi connectivity index (χ0) is 34.2. The molecule has 0 saturated heterocycles. The number of rotatable bonds is 11. The predicted molar refractivity (Wildman–Crippen MR) is 185 cm³/mol. The van der Waals surface area contributed by atoms with Crippen LogP contribution in [-0.2, 0) is 32.1 Å². The fourth-order valence-electron chi connectivity index (χ4n) is 4.95. The van der Waals surface area contributed by atoms with Gasteiger partial charge in [0.25, 0.3) is 11.8 Å². The van der Waals surface area contributed by atoms with Crippen LogP contribution in [0.25, 0.3) is 6.08 Å². The second-order valence-corrected chi connectivity index (χ2v) is 13.3. The number of hydrogen-bond donors (Lipinski definition) is 3. The van der Waals surface area contributed by atoms with E-state index in [0.717, 1.165) is 10.4 Å². The predicted octanol–water partition coefficient (Wildman–Crippen LogP) is 5.95. The summed E-state index contributed by atoms with van der Waals surface area (Å²) in [7, 11) is 0. The van der Waals surface area contributed by atoms with Crippen LogP contribution in [0.3, 0.4) is 0 Å². The number of nitrogens with zero attached hydrogens (tertiary/aromatic N) is 1. The lowest BCUT2D eigenvalue weighted by molar-refractivity contribution is -0.129. The maximum Gasteiger partial charge on any atom is 0.341 e. The molecule has 13 heteroatoms. The Morgan fingerprint density at radius 1 is 1.04 bits per heavy atom. The average Bonchev–Trinajstić information content (AvgIpc) is 3.72. The Hall–Kier alpha value is -5.14. The van der Waals surface area contributed by atoms with E-state index in [1.165, 1.54) is 42.4 Å². The zero-order valence-electron chi connectivity index (χ0n) is 26.5. The van der Waals surface area contributed by atoms with Gasteiger partial charge in [-0.1, -0.05) is 24.3 Å². The van der Waals surface area contributed by atoms with Crippen LogP contribution in [0.2, 0.25) is 0 Å². The molecular weight excluding hydrogens is 653 g/mol. The summed E-state index contributed by atoms with van der Waals surface area (Å²) in [6, 6.07) is 18.8. The fourth-order valence-corrected chi connectivity index (χ4v) is 7.14. The van der Waals surface area contributed by atoms with Gasteiger partial charge in [-0.2, -0.15) is 0 Å². The molecule has 5 rings (SSSR count). The highest BCUT2D eigenvalue weighted by Crippen LogP contribution is 2.38. The summed E-state index contributed by atoms with van der Waals surface area (Å²) in [6.07, 6.45) is 3.39. The lowest BCUT2D eigenvalue weighted by Crippen LogP contribution is -2.34. The highest BCUT2D eigenvalue weighted by atomic mass is 32.2. The Morgan fingerprint density at radius 2 is 1.83 bits per heavy atom. The van der Waals surface area contributed by atoms with Gasteiger partial charge < -0.3 is 30.0 Å². The van der Waals surface area contributed by atoms with Crippen molar-refractivity contribution in [3.05, 3.63) is 106 Å². The Bertz CT molecular complexity index is 1850. The Labute approximate surface area is 285 Å². The molecule has 0 spiro atoms. The van der Waals surface area contributed by atoms with Crippen molar-refractivity contribution < 1.29 is 33.1 Å². The van der Waals surface area contributed by atoms with E-state index in [9.17, 15) is 24.0 Å². The molecule has 4 aromatic rings. The summed E-state index contributed by atoms with van der Waals surface area (Å²) in [5, 5.41) is 8.20. The van der Waals surface area contributed by atoms with Gasteiger partial charge in [0.15, 0.2) is 0 Å². The minimum absolute atomic E-state index is 0.0212. The summed E-state index contributed by atoms with van der Waals surface area (Å²) in [5.74, 6) is -1.53. The van der Waals surface area contributed by atoms with Crippen molar-refractivity contribution in [2.75, 3.05) is 23.8 Å². The number of anilines is 2. The van der Waals surface area contributed by atoms with Crippen LogP contribution in [0.1, 0.15) is 57.7 Å². The molecule has 1 atom stereocenters. The van der Waals surface area contributed by atoms with Gasteiger partial charge in [-0.05, 0) is 68.3 Å². The van der Waals surface area contributed by atoms with Gasteiger partial charge in [0, 0.05) is 40.6 Å². The lowest BCUT2D eigenvalue weighted by Gasteiger charge is -2.25. The van der Waals surface area contributed by atoms with Gasteiger partial charge in [-0.15, -0.1) is 23.1 Å². The van der Waals surface area contributed by atoms with Crippen LogP contribution >= 0.6 is 23.1 Å². The first-order chi connectivity index (χ1) is 23.1. The van der Waals surface area contributed by atoms with E-state index in [1.54, 1.807) is 79.4 Å². The second kappa shape index (κ2) is 15.6. The Kier molecular flexibility index (Phi) is 11.1. The first kappa shape index (κ1) is 34.2. The molecule has 1 aliphatic rings. The molecule has 1 aliphatic heterocycles. The third-order valence-electron chi connectivity index (χ3n) is 7.35. The van der Waals surface area contributed by atoms with E-state index in [2.05, 4.69) is 16.0 Å². The summed E-state index contributed by atoms with van der Waals surface area (Å²) in [4.78, 5) is 67.8. The third kappa shape index (κ3) is 8.41. The van der Waals surface area contributed by atoms with Gasteiger partial charge in [-0.3, -0.25) is 19.2 Å². The molecule has 48 heavy (non-hydrogen) atoms. The maximum atomic E-state index is 13.4. The molecule has 0 saturated carbocycles. The highest BCUT2D eigenvalue weighted by molar-refractivity contribution is 8.00. The fraction of sp³-hybridized carbons (Fsp3) is 0.229. The van der Waals surface area contributed by atoms with Gasteiger partial charge in [0.2, 0.25) is 11.8 Å². The molecule has 0 aliphatic carbocycles. The molecule has 0 radical (unpaired) electrons.